The molecule has 9 heteroatoms. The maximum Gasteiger partial charge on any atom is 0.310 e. The molecule has 0 saturated carbocycles. The molecule has 0 aliphatic carbocycles. The lowest BCUT2D eigenvalue weighted by atomic mass is 9.97. The number of rotatable bonds is 9. The molecule has 0 radical (unpaired) electrons. The van der Waals surface area contributed by atoms with Crippen LogP contribution in [0.3, 0.4) is 0 Å². The minimum atomic E-state index is -0.478. The Labute approximate surface area is 193 Å². The van der Waals surface area contributed by atoms with E-state index in [-0.39, 0.29) is 30.8 Å². The fraction of sp³-hybridized carbons (Fsp3) is 0.500. The molecule has 0 bridgehead atoms. The van der Waals surface area contributed by atoms with Crippen LogP contribution in [0.2, 0.25) is 0 Å². The third-order valence-corrected chi connectivity index (χ3v) is 5.66. The predicted octanol–water partition coefficient (Wildman–Crippen LogP) is 2.76. The van der Waals surface area contributed by atoms with E-state index < -0.39 is 5.97 Å². The number of likely N-dealkylation sites (tertiary alicyclic amines) is 1. The molecule has 1 aromatic heterocycles. The van der Waals surface area contributed by atoms with Gasteiger partial charge in [-0.2, -0.15) is 0 Å². The van der Waals surface area contributed by atoms with Crippen LogP contribution >= 0.6 is 0 Å². The number of nitrogens with zero attached hydrogens (tertiary/aromatic N) is 2. The van der Waals surface area contributed by atoms with Crippen LogP contribution in [0.1, 0.15) is 42.3 Å². The summed E-state index contributed by atoms with van der Waals surface area (Å²) in [5.74, 6) is 0.269. The van der Waals surface area contributed by atoms with Crippen molar-refractivity contribution in [3.8, 4) is 5.75 Å². The van der Waals surface area contributed by atoms with Crippen molar-refractivity contribution >= 4 is 17.8 Å². The summed E-state index contributed by atoms with van der Waals surface area (Å²) in [6, 6.07) is 7.12. The minimum absolute atomic E-state index is 0.0579. The van der Waals surface area contributed by atoms with Gasteiger partial charge in [0.05, 0.1) is 30.2 Å². The van der Waals surface area contributed by atoms with Gasteiger partial charge >= 0.3 is 11.9 Å². The number of hydrogen-bond donors (Lipinski definition) is 0. The second-order valence-corrected chi connectivity index (χ2v) is 7.98. The van der Waals surface area contributed by atoms with Gasteiger partial charge in [0.2, 0.25) is 0 Å². The molecule has 2 heterocycles. The second kappa shape index (κ2) is 11.5. The number of carbonyl (C=O) groups excluding carboxylic acids is 3. The van der Waals surface area contributed by atoms with Crippen molar-refractivity contribution in [2.75, 3.05) is 26.3 Å². The molecule has 0 atom stereocenters. The number of piperidine rings is 1. The molecule has 0 unspecified atom stereocenters. The first-order valence-electron chi connectivity index (χ1n) is 11.1. The largest absolute Gasteiger partial charge is 0.489 e. The summed E-state index contributed by atoms with van der Waals surface area (Å²) in [5, 5.41) is 3.90. The molecule has 0 N–H and O–H groups in total. The van der Waals surface area contributed by atoms with Crippen LogP contribution in [0, 0.1) is 19.8 Å². The van der Waals surface area contributed by atoms with Gasteiger partial charge < -0.3 is 23.6 Å². The fourth-order valence-corrected chi connectivity index (χ4v) is 3.64. The van der Waals surface area contributed by atoms with Gasteiger partial charge in [0.15, 0.2) is 6.61 Å². The molecule has 1 aliphatic rings. The molecule has 1 fully saturated rings. The number of ether oxygens (including phenoxy) is 3. The number of esters is 2. The molecule has 1 amide bonds. The van der Waals surface area contributed by atoms with Crippen LogP contribution in [0.4, 0.5) is 0 Å². The summed E-state index contributed by atoms with van der Waals surface area (Å²) < 4.78 is 21.1. The minimum Gasteiger partial charge on any atom is -0.489 e. The van der Waals surface area contributed by atoms with Crippen molar-refractivity contribution < 1.29 is 33.1 Å². The Morgan fingerprint density at radius 3 is 2.39 bits per heavy atom. The van der Waals surface area contributed by atoms with E-state index in [0.717, 1.165) is 22.6 Å². The smallest absolute Gasteiger partial charge is 0.310 e. The quantitative estimate of drug-likeness (QED) is 0.528. The Bertz CT molecular complexity index is 940. The Morgan fingerprint density at radius 1 is 1.09 bits per heavy atom. The highest BCUT2D eigenvalue weighted by molar-refractivity contribution is 5.81. The van der Waals surface area contributed by atoms with Crippen molar-refractivity contribution in [3.05, 3.63) is 46.8 Å². The normalized spacial score (nSPS) is 14.1. The number of benzene rings is 1. The standard InChI is InChI=1S/C24H30N2O7/c1-4-30-24(29)19-9-11-26(12-10-19)22(27)15-32-23(28)13-18-5-7-20(8-6-18)31-14-21-16(2)25-33-17(21)3/h5-8,19H,4,9-15H2,1-3H3. The van der Waals surface area contributed by atoms with E-state index in [1.807, 2.05) is 13.8 Å². The maximum absolute atomic E-state index is 12.3. The molecule has 3 rings (SSSR count). The van der Waals surface area contributed by atoms with Crippen molar-refractivity contribution in [2.24, 2.45) is 5.92 Å². The van der Waals surface area contributed by atoms with Crippen LogP contribution in [0.5, 0.6) is 5.75 Å². The van der Waals surface area contributed by atoms with E-state index in [2.05, 4.69) is 5.16 Å². The lowest BCUT2D eigenvalue weighted by Crippen LogP contribution is -2.42. The van der Waals surface area contributed by atoms with E-state index >= 15 is 0 Å². The molecule has 1 aliphatic heterocycles. The first kappa shape index (κ1) is 24.3. The van der Waals surface area contributed by atoms with Gasteiger partial charge in [-0.1, -0.05) is 17.3 Å². The van der Waals surface area contributed by atoms with E-state index in [9.17, 15) is 14.4 Å². The number of hydrogen-bond acceptors (Lipinski definition) is 8. The van der Waals surface area contributed by atoms with E-state index in [0.29, 0.717) is 44.9 Å². The summed E-state index contributed by atoms with van der Waals surface area (Å²) in [6.45, 7) is 6.78. The molecular weight excluding hydrogens is 428 g/mol. The highest BCUT2D eigenvalue weighted by Crippen LogP contribution is 2.20. The van der Waals surface area contributed by atoms with Gasteiger partial charge in [-0.05, 0) is 51.3 Å². The van der Waals surface area contributed by atoms with Gasteiger partial charge in [-0.25, -0.2) is 0 Å². The Morgan fingerprint density at radius 2 is 1.79 bits per heavy atom. The number of carbonyl (C=O) groups is 3. The van der Waals surface area contributed by atoms with Crippen LogP contribution in [-0.4, -0.2) is 54.2 Å². The molecule has 178 valence electrons. The molecule has 1 saturated heterocycles. The van der Waals surface area contributed by atoms with E-state index in [4.69, 9.17) is 18.7 Å². The van der Waals surface area contributed by atoms with E-state index in [1.54, 1.807) is 36.1 Å². The molecule has 9 nitrogen and oxygen atoms in total. The lowest BCUT2D eigenvalue weighted by Gasteiger charge is -2.30. The number of amides is 1. The third kappa shape index (κ3) is 6.81. The zero-order valence-electron chi connectivity index (χ0n) is 19.3. The summed E-state index contributed by atoms with van der Waals surface area (Å²) in [5.41, 5.74) is 2.47. The first-order valence-corrected chi connectivity index (χ1v) is 11.1. The van der Waals surface area contributed by atoms with Gasteiger partial charge in [0, 0.05) is 13.1 Å². The van der Waals surface area contributed by atoms with E-state index in [1.165, 1.54) is 0 Å². The highest BCUT2D eigenvalue weighted by atomic mass is 16.5. The Kier molecular flexibility index (Phi) is 8.46. The fourth-order valence-electron chi connectivity index (χ4n) is 3.64. The van der Waals surface area contributed by atoms with Crippen LogP contribution in [0.15, 0.2) is 28.8 Å². The van der Waals surface area contributed by atoms with Crippen molar-refractivity contribution in [1.82, 2.24) is 10.1 Å². The summed E-state index contributed by atoms with van der Waals surface area (Å²) in [4.78, 5) is 37.9. The summed E-state index contributed by atoms with van der Waals surface area (Å²) in [7, 11) is 0. The molecule has 33 heavy (non-hydrogen) atoms. The van der Waals surface area contributed by atoms with Gasteiger partial charge in [0.1, 0.15) is 18.1 Å². The summed E-state index contributed by atoms with van der Waals surface area (Å²) >= 11 is 0. The van der Waals surface area contributed by atoms with Crippen LogP contribution in [0.25, 0.3) is 0 Å². The number of aryl methyl sites for hydroxylation is 2. The molecular formula is C24H30N2O7. The SMILES string of the molecule is CCOC(=O)C1CCN(C(=O)COC(=O)Cc2ccc(OCc3c(C)noc3C)cc2)CC1. The highest BCUT2D eigenvalue weighted by Gasteiger charge is 2.28. The molecule has 2 aromatic rings. The van der Waals surface area contributed by atoms with Crippen molar-refractivity contribution in [1.29, 1.82) is 0 Å². The first-order chi connectivity index (χ1) is 15.9. The van der Waals surface area contributed by atoms with Gasteiger partial charge in [-0.3, -0.25) is 14.4 Å². The zero-order chi connectivity index (χ0) is 23.8. The Hall–Kier alpha value is -3.36. The van der Waals surface area contributed by atoms with Crippen molar-refractivity contribution in [3.63, 3.8) is 0 Å². The molecule has 1 aromatic carbocycles. The zero-order valence-corrected chi connectivity index (χ0v) is 19.3. The van der Waals surface area contributed by atoms with Crippen LogP contribution < -0.4 is 4.74 Å². The second-order valence-electron chi connectivity index (χ2n) is 7.98. The number of aromatic nitrogens is 1. The average Bonchev–Trinajstić information content (AvgIpc) is 3.14. The third-order valence-electron chi connectivity index (χ3n) is 5.66. The van der Waals surface area contributed by atoms with Crippen molar-refractivity contribution in [2.45, 2.75) is 46.6 Å². The lowest BCUT2D eigenvalue weighted by molar-refractivity contribution is -0.154. The monoisotopic (exact) mass is 458 g/mol. The molecule has 0 spiro atoms. The Balaban J connectivity index is 1.38. The summed E-state index contributed by atoms with van der Waals surface area (Å²) in [6.07, 6.45) is 1.18. The van der Waals surface area contributed by atoms with Gasteiger partial charge in [0.25, 0.3) is 5.91 Å². The topological polar surface area (TPSA) is 108 Å². The predicted molar refractivity (Wildman–Crippen MR) is 117 cm³/mol. The maximum atomic E-state index is 12.3. The van der Waals surface area contributed by atoms with Crippen LogP contribution in [-0.2, 0) is 36.9 Å². The van der Waals surface area contributed by atoms with Gasteiger partial charge in [-0.15, -0.1) is 0 Å². The average molecular weight is 459 g/mol.